The Balaban J connectivity index is 0.00000106. The fourth-order valence-electron chi connectivity index (χ4n) is 10.8. The van der Waals surface area contributed by atoms with Gasteiger partial charge >= 0.3 is 17.1 Å². The normalized spacial score (nSPS) is 11.4. The molecule has 12 rings (SSSR count). The summed E-state index contributed by atoms with van der Waals surface area (Å²) in [5.74, 6) is 6.80. The molecule has 2 aliphatic heterocycles. The molecule has 7 heteroatoms. The van der Waals surface area contributed by atoms with Gasteiger partial charge in [-0.05, 0) is 159 Å². The van der Waals surface area contributed by atoms with Crippen molar-refractivity contribution >= 4 is 63.2 Å². The molecule has 2 aliphatic rings. The number of fused-ring (bicyclic) bond motifs is 8. The molecule has 0 radical (unpaired) electrons. The molecule has 0 fully saturated rings. The van der Waals surface area contributed by atoms with E-state index in [1.807, 2.05) is 42.5 Å². The Morgan fingerprint density at radius 2 is 0.857 bits per heavy atom. The Labute approximate surface area is 466 Å². The molecule has 0 saturated heterocycles. The Morgan fingerprint density at radius 3 is 1.25 bits per heavy atom. The van der Waals surface area contributed by atoms with Gasteiger partial charge in [0.15, 0.2) is 5.12 Å². The second-order valence-corrected chi connectivity index (χ2v) is 21.0. The van der Waals surface area contributed by atoms with Crippen LogP contribution in [0.25, 0.3) is 102 Å². The van der Waals surface area contributed by atoms with Gasteiger partial charge in [0.25, 0.3) is 0 Å². The first-order valence-corrected chi connectivity index (χ1v) is 26.5. The molecule has 8 bridgehead atoms. The molecule has 0 unspecified atom stereocenters. The van der Waals surface area contributed by atoms with Crippen molar-refractivity contribution in [1.29, 1.82) is 0 Å². The summed E-state index contributed by atoms with van der Waals surface area (Å²) >= 11 is 1.24. The van der Waals surface area contributed by atoms with E-state index in [2.05, 4.69) is 221 Å². The molecule has 0 spiro atoms. The topological polar surface area (TPSA) is 74.4 Å². The minimum absolute atomic E-state index is 0. The van der Waals surface area contributed by atoms with Crippen molar-refractivity contribution in [3.63, 3.8) is 0 Å². The van der Waals surface area contributed by atoms with Crippen molar-refractivity contribution < 1.29 is 21.9 Å². The summed E-state index contributed by atoms with van der Waals surface area (Å²) in [7, 11) is 0. The van der Waals surface area contributed by atoms with Crippen molar-refractivity contribution in [3.8, 4) is 67.5 Å². The van der Waals surface area contributed by atoms with Gasteiger partial charge in [-0.25, -0.2) is 22.1 Å². The minimum Gasteiger partial charge on any atom is -0.354 e. The number of aryl methyl sites for hydroxylation is 6. The Kier molecular flexibility index (Phi) is 15.1. The summed E-state index contributed by atoms with van der Waals surface area (Å²) in [6.45, 7) is 14.7. The van der Waals surface area contributed by atoms with E-state index in [0.29, 0.717) is 0 Å². The van der Waals surface area contributed by atoms with Crippen LogP contribution in [-0.2, 0) is 21.9 Å². The van der Waals surface area contributed by atoms with Crippen LogP contribution in [0.3, 0.4) is 0 Å². The van der Waals surface area contributed by atoms with Crippen LogP contribution in [-0.4, -0.2) is 25.1 Å². The van der Waals surface area contributed by atoms with E-state index < -0.39 is 0 Å². The third kappa shape index (κ3) is 11.0. The maximum absolute atomic E-state index is 12.1. The van der Waals surface area contributed by atoms with Crippen LogP contribution in [0.1, 0.15) is 74.2 Å². The van der Waals surface area contributed by atoms with Gasteiger partial charge in [0.05, 0.1) is 22.8 Å². The molecule has 376 valence electrons. The van der Waals surface area contributed by atoms with Gasteiger partial charge in [0.2, 0.25) is 0 Å². The fourth-order valence-corrected chi connectivity index (χ4v) is 11.4. The maximum Gasteiger partial charge on any atom is 2.00 e. The average Bonchev–Trinajstić information content (AvgIpc) is 4.38. The van der Waals surface area contributed by atoms with Crippen molar-refractivity contribution in [2.45, 2.75) is 53.4 Å². The fraction of sp³-hybridized carbons (Fsp3) is 0.100. The number of nitrogens with zero attached hydrogens (tertiary/aromatic N) is 2. The van der Waals surface area contributed by atoms with E-state index in [1.54, 1.807) is 6.92 Å². The smallest absolute Gasteiger partial charge is 0.354 e. The Morgan fingerprint density at radius 1 is 0.481 bits per heavy atom. The second-order valence-electron chi connectivity index (χ2n) is 19.7. The zero-order valence-electron chi connectivity index (χ0n) is 44.1. The molecule has 5 nitrogen and oxygen atoms in total. The van der Waals surface area contributed by atoms with E-state index in [9.17, 15) is 4.79 Å². The number of aromatic nitrogens is 4. The summed E-state index contributed by atoms with van der Waals surface area (Å²) in [4.78, 5) is 32.0. The first-order valence-electron chi connectivity index (χ1n) is 25.7. The monoisotopic (exact) mass is 1060 g/mol. The van der Waals surface area contributed by atoms with E-state index >= 15 is 0 Å². The van der Waals surface area contributed by atoms with Gasteiger partial charge in [-0.2, -0.15) is 30.3 Å². The predicted octanol–water partition coefficient (Wildman–Crippen LogP) is 18.0. The number of rotatable bonds is 6. The molecule has 2 N–H and O–H groups in total. The summed E-state index contributed by atoms with van der Waals surface area (Å²) in [5.41, 5.74) is 26.9. The molecule has 3 aromatic heterocycles. The van der Waals surface area contributed by atoms with Crippen LogP contribution in [0.2, 0.25) is 0 Å². The molecule has 77 heavy (non-hydrogen) atoms. The number of hydrogen-bond donors (Lipinski definition) is 2. The Bertz CT molecular complexity index is 4020. The van der Waals surface area contributed by atoms with Crippen LogP contribution < -0.4 is 0 Å². The molecular formula is C70H56FeN4OS. The number of hydrogen-bond acceptors (Lipinski definition) is 4. The van der Waals surface area contributed by atoms with Crippen molar-refractivity contribution in [3.05, 3.63) is 243 Å². The van der Waals surface area contributed by atoms with Gasteiger partial charge in [0, 0.05) is 67.3 Å². The molecule has 0 amide bonds. The zero-order valence-corrected chi connectivity index (χ0v) is 46.0. The first kappa shape index (κ1) is 52.0. The maximum atomic E-state index is 12.1. The first-order chi connectivity index (χ1) is 36.9. The molecule has 0 saturated carbocycles. The van der Waals surface area contributed by atoms with E-state index in [1.165, 1.54) is 56.3 Å². The number of aromatic amines is 2. The summed E-state index contributed by atoms with van der Waals surface area (Å²) in [6.07, 6.45) is 8.59. The molecular weight excluding hydrogens is 1000 g/mol. The van der Waals surface area contributed by atoms with E-state index in [0.717, 1.165) is 105 Å². The van der Waals surface area contributed by atoms with Crippen LogP contribution >= 0.6 is 11.8 Å². The summed E-state index contributed by atoms with van der Waals surface area (Å²) < 4.78 is 0. The zero-order chi connectivity index (χ0) is 52.5. The Hall–Kier alpha value is -8.50. The van der Waals surface area contributed by atoms with Gasteiger partial charge in [-0.15, -0.1) is 29.8 Å². The number of thioether (sulfide) groups is 1. The SMILES string of the molecule is CC(=O)Sc1ccc(-c2c3nc(c(-c4c(C)cc(C)cc4C)c4ccc([nH]4)c(-c4ccc(C#Cc5ccc(-[c-]6cccc6)cc5)cc4)c4nc(c(-c5c(C)cc(C)cc5C)c5ccc2[nH]5)C=C4)C=C3)cc1.[Fe+2].c1cc[cH-]c1. The molecule has 10 aromatic rings. The van der Waals surface area contributed by atoms with Gasteiger partial charge < -0.3 is 9.97 Å². The third-order valence-corrected chi connectivity index (χ3v) is 14.8. The average molecular weight is 1060 g/mol. The number of benzene rings is 5. The van der Waals surface area contributed by atoms with Crippen LogP contribution in [0.5, 0.6) is 0 Å². The molecule has 0 aliphatic carbocycles. The molecule has 5 heterocycles. The van der Waals surface area contributed by atoms with Gasteiger partial charge in [0.1, 0.15) is 0 Å². The van der Waals surface area contributed by atoms with Crippen LogP contribution in [0, 0.1) is 53.4 Å². The third-order valence-electron chi connectivity index (χ3n) is 14.0. The minimum atomic E-state index is 0. The number of H-pyrrole nitrogens is 2. The second kappa shape index (κ2) is 22.4. The van der Waals surface area contributed by atoms with Crippen LogP contribution in [0.15, 0.2) is 181 Å². The molecule has 7 aromatic carbocycles. The predicted molar refractivity (Wildman–Crippen MR) is 321 cm³/mol. The van der Waals surface area contributed by atoms with Crippen LogP contribution in [0.4, 0.5) is 0 Å². The van der Waals surface area contributed by atoms with Crippen molar-refractivity contribution in [2.24, 2.45) is 0 Å². The van der Waals surface area contributed by atoms with E-state index in [-0.39, 0.29) is 22.2 Å². The number of nitrogens with one attached hydrogen (secondary N) is 2. The quantitative estimate of drug-likeness (QED) is 0.0753. The number of carbonyl (C=O) groups is 1. The standard InChI is InChI=1S/C65H51N4OS.C5H5.Fe/c1-38-34-40(3)60(41(4)35-38)64-56-30-26-52(66-56)62(49-20-16-46(17-21-49)13-12-45-14-18-48(19-15-45)47-10-8-9-11-47)53-27-31-57(67-53)65(61-42(5)36-39(2)37-43(61)6)59-33-29-55(69-59)63(54-28-32-58(64)68-54)50-22-24-51(25-23-50)71-44(7)70;1-2-4-5-3-1;/h8-11,14-37,66,69H,1-7H3;1-5H;/q2*-1;+2. The van der Waals surface area contributed by atoms with Gasteiger partial charge in [-0.3, -0.25) is 4.79 Å². The summed E-state index contributed by atoms with van der Waals surface area (Å²) in [5, 5.41) is 0.0495. The van der Waals surface area contributed by atoms with Crippen molar-refractivity contribution in [1.82, 2.24) is 19.9 Å². The van der Waals surface area contributed by atoms with Crippen molar-refractivity contribution in [2.75, 3.05) is 0 Å². The summed E-state index contributed by atoms with van der Waals surface area (Å²) in [6, 6.07) is 61.3. The molecule has 0 atom stereocenters. The largest absolute Gasteiger partial charge is 2.00 e. The number of carbonyl (C=O) groups excluding carboxylic acids is 1. The van der Waals surface area contributed by atoms with E-state index in [4.69, 9.17) is 9.97 Å². The van der Waals surface area contributed by atoms with Gasteiger partial charge in [-0.1, -0.05) is 101 Å².